The Labute approximate surface area is 310 Å². The van der Waals surface area contributed by atoms with Crippen LogP contribution in [0.4, 0.5) is 34.1 Å². The summed E-state index contributed by atoms with van der Waals surface area (Å²) in [5.41, 5.74) is 11.0. The standard InChI is InChI=1S/C49H38N4/c1-4-32-27-45(53(37-19-9-6-10-20-37)43-22-14-12-16-35(43)31-51)40-29-41-46-33(25-26-49(41,2)3)28-44(39-24-23-38(32)47(40)48(39)46)52(36-17-7-5-8-18-36)42-21-13-11-15-34(42)30-50/h5-24,27-29H,4,25-26H2,1-3H3. The molecule has 1 aliphatic carbocycles. The summed E-state index contributed by atoms with van der Waals surface area (Å²) in [6.07, 6.45) is 2.83. The lowest BCUT2D eigenvalue weighted by Crippen LogP contribution is -2.24. The molecule has 0 bridgehead atoms. The highest BCUT2D eigenvalue weighted by Crippen LogP contribution is 2.54. The maximum Gasteiger partial charge on any atom is 0.101 e. The van der Waals surface area contributed by atoms with Crippen LogP contribution in [0.5, 0.6) is 0 Å². The number of benzene rings is 8. The Bertz CT molecular complexity index is 2770. The number of aryl methyl sites for hydroxylation is 2. The van der Waals surface area contributed by atoms with Crippen LogP contribution in [0.15, 0.2) is 140 Å². The molecule has 4 heteroatoms. The average Bonchev–Trinajstić information content (AvgIpc) is 3.20. The molecule has 0 fully saturated rings. The molecule has 0 saturated carbocycles. The summed E-state index contributed by atoms with van der Waals surface area (Å²) in [6.45, 7) is 6.99. The topological polar surface area (TPSA) is 54.1 Å². The van der Waals surface area contributed by atoms with Gasteiger partial charge in [0.05, 0.1) is 33.9 Å². The van der Waals surface area contributed by atoms with Crippen molar-refractivity contribution < 1.29 is 0 Å². The lowest BCUT2D eigenvalue weighted by Gasteiger charge is -2.37. The Morgan fingerprint density at radius 1 is 0.547 bits per heavy atom. The van der Waals surface area contributed by atoms with Crippen LogP contribution in [-0.2, 0) is 18.3 Å². The van der Waals surface area contributed by atoms with Crippen molar-refractivity contribution >= 4 is 66.4 Å². The Balaban J connectivity index is 1.47. The van der Waals surface area contributed by atoms with E-state index < -0.39 is 0 Å². The molecule has 0 saturated heterocycles. The van der Waals surface area contributed by atoms with Crippen molar-refractivity contribution in [1.82, 2.24) is 0 Å². The fraction of sp³-hybridized carbons (Fsp3) is 0.143. The van der Waals surface area contributed by atoms with Crippen molar-refractivity contribution in [1.29, 1.82) is 10.5 Å². The molecule has 0 aliphatic heterocycles. The van der Waals surface area contributed by atoms with Gasteiger partial charge in [0.2, 0.25) is 0 Å². The summed E-state index contributed by atoms with van der Waals surface area (Å²) >= 11 is 0. The normalized spacial score (nSPS) is 13.2. The first-order valence-electron chi connectivity index (χ1n) is 18.4. The van der Waals surface area contributed by atoms with Crippen LogP contribution in [0.2, 0.25) is 0 Å². The Hall–Kier alpha value is -6.62. The molecule has 0 aromatic heterocycles. The second kappa shape index (κ2) is 12.6. The van der Waals surface area contributed by atoms with Crippen LogP contribution in [-0.4, -0.2) is 0 Å². The minimum absolute atomic E-state index is 0.0589. The van der Waals surface area contributed by atoms with E-state index in [0.29, 0.717) is 11.1 Å². The van der Waals surface area contributed by atoms with Crippen molar-refractivity contribution in [2.24, 2.45) is 0 Å². The molecule has 0 amide bonds. The van der Waals surface area contributed by atoms with Crippen LogP contribution < -0.4 is 9.80 Å². The van der Waals surface area contributed by atoms with Crippen LogP contribution >= 0.6 is 0 Å². The fourth-order valence-electron chi connectivity index (χ4n) is 8.69. The van der Waals surface area contributed by atoms with Crippen molar-refractivity contribution in [2.45, 2.75) is 45.4 Å². The van der Waals surface area contributed by atoms with Gasteiger partial charge in [-0.15, -0.1) is 0 Å². The maximum atomic E-state index is 10.4. The maximum absolute atomic E-state index is 10.4. The summed E-state index contributed by atoms with van der Waals surface area (Å²) < 4.78 is 0. The van der Waals surface area contributed by atoms with E-state index in [4.69, 9.17) is 0 Å². The zero-order valence-electron chi connectivity index (χ0n) is 30.2. The minimum Gasteiger partial charge on any atom is -0.309 e. The van der Waals surface area contributed by atoms with Crippen molar-refractivity contribution in [3.8, 4) is 12.1 Å². The second-order valence-electron chi connectivity index (χ2n) is 14.7. The molecule has 0 unspecified atom stereocenters. The van der Waals surface area contributed by atoms with Gasteiger partial charge in [0.25, 0.3) is 0 Å². The quantitative estimate of drug-likeness (QED) is 0.157. The first-order chi connectivity index (χ1) is 25.9. The summed E-state index contributed by atoms with van der Waals surface area (Å²) in [5, 5.41) is 28.2. The van der Waals surface area contributed by atoms with E-state index in [1.165, 1.54) is 43.6 Å². The molecule has 0 N–H and O–H groups in total. The summed E-state index contributed by atoms with van der Waals surface area (Å²) in [6, 6.07) is 53.5. The number of hydrogen-bond donors (Lipinski definition) is 0. The highest BCUT2D eigenvalue weighted by molar-refractivity contribution is 6.30. The molecule has 9 rings (SSSR count). The number of anilines is 6. The van der Waals surface area contributed by atoms with Crippen molar-refractivity contribution in [2.75, 3.05) is 9.80 Å². The Morgan fingerprint density at radius 3 is 1.64 bits per heavy atom. The number of nitrogens with zero attached hydrogens (tertiary/aromatic N) is 4. The van der Waals surface area contributed by atoms with Gasteiger partial charge >= 0.3 is 0 Å². The Kier molecular flexibility index (Phi) is 7.65. The molecular formula is C49H38N4. The van der Waals surface area contributed by atoms with Gasteiger partial charge in [-0.25, -0.2) is 0 Å². The first-order valence-corrected chi connectivity index (χ1v) is 18.4. The zero-order chi connectivity index (χ0) is 36.3. The van der Waals surface area contributed by atoms with Gasteiger partial charge in [-0.05, 0) is 124 Å². The van der Waals surface area contributed by atoms with Crippen molar-refractivity contribution in [3.63, 3.8) is 0 Å². The van der Waals surface area contributed by atoms with Crippen LogP contribution in [0, 0.1) is 22.7 Å². The van der Waals surface area contributed by atoms with E-state index in [2.05, 4.69) is 134 Å². The van der Waals surface area contributed by atoms with E-state index in [1.54, 1.807) is 0 Å². The van der Waals surface area contributed by atoms with Gasteiger partial charge in [0.15, 0.2) is 0 Å². The number of hydrogen-bond acceptors (Lipinski definition) is 4. The van der Waals surface area contributed by atoms with Gasteiger partial charge in [0.1, 0.15) is 12.1 Å². The summed E-state index contributed by atoms with van der Waals surface area (Å²) in [7, 11) is 0. The molecule has 254 valence electrons. The minimum atomic E-state index is -0.0589. The fourth-order valence-corrected chi connectivity index (χ4v) is 8.69. The van der Waals surface area contributed by atoms with Gasteiger partial charge in [-0.2, -0.15) is 10.5 Å². The van der Waals surface area contributed by atoms with Gasteiger partial charge in [-0.3, -0.25) is 0 Å². The van der Waals surface area contributed by atoms with E-state index in [9.17, 15) is 10.5 Å². The molecule has 1 aliphatic rings. The predicted molar refractivity (Wildman–Crippen MR) is 220 cm³/mol. The largest absolute Gasteiger partial charge is 0.309 e. The average molecular weight is 683 g/mol. The monoisotopic (exact) mass is 682 g/mol. The first kappa shape index (κ1) is 32.3. The molecule has 0 radical (unpaired) electrons. The predicted octanol–water partition coefficient (Wildman–Crippen LogP) is 13.1. The van der Waals surface area contributed by atoms with Crippen LogP contribution in [0.25, 0.3) is 32.3 Å². The molecule has 0 atom stereocenters. The summed E-state index contributed by atoms with van der Waals surface area (Å²) in [4.78, 5) is 4.56. The zero-order valence-corrected chi connectivity index (χ0v) is 30.2. The molecule has 0 spiro atoms. The highest BCUT2D eigenvalue weighted by atomic mass is 15.2. The second-order valence-corrected chi connectivity index (χ2v) is 14.7. The third-order valence-electron chi connectivity index (χ3n) is 11.3. The third kappa shape index (κ3) is 5.02. The van der Waals surface area contributed by atoms with E-state index in [-0.39, 0.29) is 5.41 Å². The van der Waals surface area contributed by atoms with Crippen LogP contribution in [0.1, 0.15) is 55.0 Å². The number of rotatable bonds is 7. The molecule has 53 heavy (non-hydrogen) atoms. The molecule has 0 heterocycles. The number of nitriles is 2. The third-order valence-corrected chi connectivity index (χ3v) is 11.3. The highest BCUT2D eigenvalue weighted by Gasteiger charge is 2.34. The van der Waals surface area contributed by atoms with Gasteiger partial charge < -0.3 is 9.80 Å². The molecule has 8 aromatic carbocycles. The van der Waals surface area contributed by atoms with E-state index in [1.807, 2.05) is 48.5 Å². The number of para-hydroxylation sites is 4. The Morgan fingerprint density at radius 2 is 1.08 bits per heavy atom. The SMILES string of the molecule is CCc1cc(N(c2ccccc2)c2ccccc2C#N)c2cc3c4c(cc(N(c5ccccc5)c5ccccc5C#N)c5ccc1c2c54)CCC3(C)C. The lowest BCUT2D eigenvalue weighted by atomic mass is 9.70. The van der Waals surface area contributed by atoms with E-state index >= 15 is 0 Å². The molecule has 4 nitrogen and oxygen atoms in total. The molecular weight excluding hydrogens is 645 g/mol. The lowest BCUT2D eigenvalue weighted by molar-refractivity contribution is 0.475. The van der Waals surface area contributed by atoms with Gasteiger partial charge in [0, 0.05) is 27.5 Å². The van der Waals surface area contributed by atoms with Crippen LogP contribution in [0.3, 0.4) is 0 Å². The smallest absolute Gasteiger partial charge is 0.101 e. The van der Waals surface area contributed by atoms with E-state index in [0.717, 1.165) is 58.8 Å². The van der Waals surface area contributed by atoms with Gasteiger partial charge in [-0.1, -0.05) is 93.6 Å². The molecule has 8 aromatic rings. The van der Waals surface area contributed by atoms with Crippen molar-refractivity contribution in [3.05, 3.63) is 167 Å². The summed E-state index contributed by atoms with van der Waals surface area (Å²) in [5.74, 6) is 0.